The van der Waals surface area contributed by atoms with Gasteiger partial charge in [0.15, 0.2) is 10.7 Å². The Bertz CT molecular complexity index is 1140. The molecule has 1 heterocycles. The number of halogens is 3. The second-order valence-corrected chi connectivity index (χ2v) is 7.49. The van der Waals surface area contributed by atoms with Crippen LogP contribution in [0.4, 0.5) is 13.2 Å². The van der Waals surface area contributed by atoms with E-state index in [0.717, 1.165) is 38.6 Å². The van der Waals surface area contributed by atoms with Crippen molar-refractivity contribution in [2.45, 2.75) is 32.2 Å². The summed E-state index contributed by atoms with van der Waals surface area (Å²) in [7, 11) is 0. The third-order valence-corrected chi connectivity index (χ3v) is 4.86. The van der Waals surface area contributed by atoms with Gasteiger partial charge in [0.1, 0.15) is 0 Å². The number of aromatic nitrogens is 2. The predicted octanol–water partition coefficient (Wildman–Crippen LogP) is 5.27. The first-order valence-electron chi connectivity index (χ1n) is 9.51. The zero-order chi connectivity index (χ0) is 23.0. The SMILES string of the molecule is CCC.N=C(SCc1ccccc1)n1ccn(-c2cccc(C(F)(F)F)c2)c(=O)c1=N. The minimum atomic E-state index is -4.53. The number of benzene rings is 2. The summed E-state index contributed by atoms with van der Waals surface area (Å²) < 4.78 is 40.8. The fourth-order valence-corrected chi connectivity index (χ4v) is 3.28. The monoisotopic (exact) mass is 448 g/mol. The van der Waals surface area contributed by atoms with Crippen LogP contribution in [0, 0.1) is 10.8 Å². The van der Waals surface area contributed by atoms with E-state index < -0.39 is 22.8 Å². The van der Waals surface area contributed by atoms with Crippen molar-refractivity contribution in [3.05, 3.63) is 94.0 Å². The Balaban J connectivity index is 0.00000107. The molecule has 0 unspecified atom stereocenters. The number of hydrogen-bond donors (Lipinski definition) is 2. The Morgan fingerprint density at radius 1 is 1.03 bits per heavy atom. The van der Waals surface area contributed by atoms with Crippen LogP contribution in [-0.4, -0.2) is 14.3 Å². The standard InChI is InChI=1S/C19H15F3N4OS.C3H8/c20-19(21,22)14-7-4-8-15(11-14)25-9-10-26(16(23)17(25)27)18(24)28-12-13-5-2-1-3-6-13;1-3-2/h1-11,23-24H,12H2;3H2,1-2H3. The molecule has 0 aliphatic carbocycles. The highest BCUT2D eigenvalue weighted by molar-refractivity contribution is 8.13. The van der Waals surface area contributed by atoms with Crippen molar-refractivity contribution < 1.29 is 13.2 Å². The molecule has 0 aliphatic rings. The molecule has 0 fully saturated rings. The van der Waals surface area contributed by atoms with Crippen LogP contribution in [0.1, 0.15) is 31.4 Å². The second-order valence-electron chi connectivity index (χ2n) is 6.53. The zero-order valence-electron chi connectivity index (χ0n) is 17.1. The van der Waals surface area contributed by atoms with Crippen LogP contribution in [0.2, 0.25) is 0 Å². The quantitative estimate of drug-likeness (QED) is 0.423. The van der Waals surface area contributed by atoms with Crippen LogP contribution >= 0.6 is 11.8 Å². The van der Waals surface area contributed by atoms with Crippen molar-refractivity contribution in [2.24, 2.45) is 0 Å². The molecule has 5 nitrogen and oxygen atoms in total. The highest BCUT2D eigenvalue weighted by atomic mass is 32.2. The first-order chi connectivity index (χ1) is 14.7. The van der Waals surface area contributed by atoms with Crippen molar-refractivity contribution in [1.29, 1.82) is 10.8 Å². The van der Waals surface area contributed by atoms with Crippen LogP contribution < -0.4 is 11.0 Å². The Kier molecular flexibility index (Phi) is 8.44. The fraction of sp³-hybridized carbons (Fsp3) is 0.227. The van der Waals surface area contributed by atoms with Crippen molar-refractivity contribution in [3.8, 4) is 5.69 Å². The average molecular weight is 449 g/mol. The summed E-state index contributed by atoms with van der Waals surface area (Å²) in [6.45, 7) is 4.25. The molecule has 2 aromatic carbocycles. The van der Waals surface area contributed by atoms with Crippen molar-refractivity contribution in [1.82, 2.24) is 9.13 Å². The molecule has 9 heteroatoms. The van der Waals surface area contributed by atoms with Gasteiger partial charge in [-0.2, -0.15) is 13.2 Å². The van der Waals surface area contributed by atoms with Crippen molar-refractivity contribution >= 4 is 16.9 Å². The van der Waals surface area contributed by atoms with Crippen LogP contribution in [0.15, 0.2) is 71.8 Å². The fourth-order valence-electron chi connectivity index (χ4n) is 2.49. The summed E-state index contributed by atoms with van der Waals surface area (Å²) in [5.41, 5.74) is -1.21. The molecule has 2 N–H and O–H groups in total. The second kappa shape index (κ2) is 10.8. The first kappa shape index (κ1) is 24.2. The largest absolute Gasteiger partial charge is 0.416 e. The van der Waals surface area contributed by atoms with E-state index in [4.69, 9.17) is 10.8 Å². The van der Waals surface area contributed by atoms with Crippen molar-refractivity contribution in [3.63, 3.8) is 0 Å². The summed E-state index contributed by atoms with van der Waals surface area (Å²) in [6.07, 6.45) is -0.702. The highest BCUT2D eigenvalue weighted by Crippen LogP contribution is 2.30. The van der Waals surface area contributed by atoms with Gasteiger partial charge in [-0.25, -0.2) is 0 Å². The summed E-state index contributed by atoms with van der Waals surface area (Å²) in [6, 6.07) is 13.7. The highest BCUT2D eigenvalue weighted by Gasteiger charge is 2.30. The van der Waals surface area contributed by atoms with E-state index in [0.29, 0.717) is 5.75 Å². The third-order valence-electron chi connectivity index (χ3n) is 3.92. The third kappa shape index (κ3) is 6.45. The van der Waals surface area contributed by atoms with Gasteiger partial charge in [-0.1, -0.05) is 68.4 Å². The van der Waals surface area contributed by atoms with Crippen LogP contribution in [0.25, 0.3) is 5.69 Å². The molecule has 0 saturated carbocycles. The predicted molar refractivity (Wildman–Crippen MR) is 118 cm³/mol. The Hall–Kier alpha value is -3.07. The zero-order valence-corrected chi connectivity index (χ0v) is 17.9. The topological polar surface area (TPSA) is 74.6 Å². The smallest absolute Gasteiger partial charge is 0.280 e. The normalized spacial score (nSPS) is 10.9. The summed E-state index contributed by atoms with van der Waals surface area (Å²) in [4.78, 5) is 12.5. The molecule has 164 valence electrons. The van der Waals surface area contributed by atoms with Gasteiger partial charge in [0.05, 0.1) is 5.56 Å². The number of alkyl halides is 3. The minimum absolute atomic E-state index is 0.00365. The molecule has 0 atom stereocenters. The van der Waals surface area contributed by atoms with Gasteiger partial charge in [0.25, 0.3) is 5.56 Å². The van der Waals surface area contributed by atoms with Gasteiger partial charge >= 0.3 is 6.18 Å². The number of nitrogens with zero attached hydrogens (tertiary/aromatic N) is 2. The van der Waals surface area contributed by atoms with E-state index in [1.807, 2.05) is 30.3 Å². The molecular weight excluding hydrogens is 425 g/mol. The van der Waals surface area contributed by atoms with E-state index in [1.165, 1.54) is 30.9 Å². The van der Waals surface area contributed by atoms with Crippen molar-refractivity contribution in [2.75, 3.05) is 0 Å². The van der Waals surface area contributed by atoms with Gasteiger partial charge in [0, 0.05) is 23.8 Å². The average Bonchev–Trinajstić information content (AvgIpc) is 2.75. The number of thioether (sulfide) groups is 1. The van der Waals surface area contributed by atoms with Crippen LogP contribution in [0.3, 0.4) is 0 Å². The molecule has 0 spiro atoms. The lowest BCUT2D eigenvalue weighted by Gasteiger charge is -2.12. The summed E-state index contributed by atoms with van der Waals surface area (Å²) in [5, 5.41) is 16.1. The molecule has 3 rings (SSSR count). The molecule has 0 radical (unpaired) electrons. The minimum Gasteiger partial charge on any atom is -0.280 e. The van der Waals surface area contributed by atoms with Gasteiger partial charge in [-0.15, -0.1) is 0 Å². The number of hydrogen-bond acceptors (Lipinski definition) is 4. The van der Waals surface area contributed by atoms with Crippen LogP contribution in [-0.2, 0) is 11.9 Å². The molecule has 0 saturated heterocycles. The van der Waals surface area contributed by atoms with Gasteiger partial charge in [-0.05, 0) is 23.8 Å². The lowest BCUT2D eigenvalue weighted by Crippen LogP contribution is -2.41. The van der Waals surface area contributed by atoms with Gasteiger partial charge in [-0.3, -0.25) is 24.7 Å². The van der Waals surface area contributed by atoms with E-state index in [-0.39, 0.29) is 10.9 Å². The van der Waals surface area contributed by atoms with Crippen LogP contribution in [0.5, 0.6) is 0 Å². The lowest BCUT2D eigenvalue weighted by molar-refractivity contribution is -0.137. The molecule has 0 aliphatic heterocycles. The Labute approximate surface area is 182 Å². The molecule has 0 bridgehead atoms. The molecule has 31 heavy (non-hydrogen) atoms. The number of nitrogens with one attached hydrogen (secondary N) is 2. The maximum Gasteiger partial charge on any atom is 0.416 e. The maximum absolute atomic E-state index is 12.9. The molecule has 1 aromatic heterocycles. The van der Waals surface area contributed by atoms with Gasteiger partial charge < -0.3 is 0 Å². The summed E-state index contributed by atoms with van der Waals surface area (Å²) >= 11 is 1.14. The van der Waals surface area contributed by atoms with Gasteiger partial charge in [0.2, 0.25) is 0 Å². The molecular formula is C22H23F3N4OS. The maximum atomic E-state index is 12.9. The van der Waals surface area contributed by atoms with E-state index >= 15 is 0 Å². The Morgan fingerprint density at radius 3 is 2.29 bits per heavy atom. The number of rotatable bonds is 3. The Morgan fingerprint density at radius 2 is 1.68 bits per heavy atom. The summed E-state index contributed by atoms with van der Waals surface area (Å²) in [5.74, 6) is 0.489. The van der Waals surface area contributed by atoms with E-state index in [9.17, 15) is 18.0 Å². The van der Waals surface area contributed by atoms with E-state index in [2.05, 4.69) is 13.8 Å². The first-order valence-corrected chi connectivity index (χ1v) is 10.5. The van der Waals surface area contributed by atoms with E-state index in [1.54, 1.807) is 0 Å². The molecule has 0 amide bonds. The lowest BCUT2D eigenvalue weighted by atomic mass is 10.2. The molecule has 3 aromatic rings.